The summed E-state index contributed by atoms with van der Waals surface area (Å²) in [5.41, 5.74) is 3.10. The third-order valence-electron chi connectivity index (χ3n) is 5.40. The van der Waals surface area contributed by atoms with Crippen LogP contribution in [0.3, 0.4) is 0 Å². The van der Waals surface area contributed by atoms with Crippen LogP contribution < -0.4 is 9.80 Å². The van der Waals surface area contributed by atoms with Crippen molar-refractivity contribution in [1.29, 1.82) is 0 Å². The molecule has 0 aliphatic carbocycles. The van der Waals surface area contributed by atoms with Gasteiger partial charge in [-0.25, -0.2) is 0 Å². The number of hydrogen-bond donors (Lipinski definition) is 0. The molecule has 148 valence electrons. The summed E-state index contributed by atoms with van der Waals surface area (Å²) in [7, 11) is 1.81. The molecule has 28 heavy (non-hydrogen) atoms. The highest BCUT2D eigenvalue weighted by Gasteiger charge is 2.36. The smallest absolute Gasteiger partial charge is 0.228 e. The van der Waals surface area contributed by atoms with Crippen LogP contribution in [0, 0.1) is 5.92 Å². The van der Waals surface area contributed by atoms with Gasteiger partial charge in [0.25, 0.3) is 0 Å². The van der Waals surface area contributed by atoms with E-state index in [2.05, 4.69) is 18.7 Å². The Morgan fingerprint density at radius 3 is 2.29 bits per heavy atom. The number of benzene rings is 2. The molecule has 1 fully saturated rings. The van der Waals surface area contributed by atoms with E-state index in [-0.39, 0.29) is 24.2 Å². The quantitative estimate of drug-likeness (QED) is 0.739. The Labute approximate surface area is 167 Å². The number of carbonyl (C=O) groups excluding carboxylic acids is 2. The topological polar surface area (TPSA) is 43.9 Å². The van der Waals surface area contributed by atoms with E-state index >= 15 is 0 Å². The molecule has 0 aromatic heterocycles. The molecule has 1 aliphatic rings. The predicted molar refractivity (Wildman–Crippen MR) is 113 cm³/mol. The van der Waals surface area contributed by atoms with Gasteiger partial charge in [-0.15, -0.1) is 0 Å². The van der Waals surface area contributed by atoms with E-state index < -0.39 is 0 Å². The molecule has 0 saturated carbocycles. The number of rotatable bonds is 7. The molecular formula is C23H29N3O2. The minimum Gasteiger partial charge on any atom is -0.372 e. The summed E-state index contributed by atoms with van der Waals surface area (Å²) in [6.45, 7) is 7.16. The van der Waals surface area contributed by atoms with Crippen LogP contribution in [0.2, 0.25) is 0 Å². The first-order valence-corrected chi connectivity index (χ1v) is 9.97. The van der Waals surface area contributed by atoms with Crippen molar-refractivity contribution in [1.82, 2.24) is 4.90 Å². The summed E-state index contributed by atoms with van der Waals surface area (Å²) in [6, 6.07) is 18.0. The highest BCUT2D eigenvalue weighted by Crippen LogP contribution is 2.28. The zero-order chi connectivity index (χ0) is 20.1. The molecule has 2 amide bonds. The molecule has 1 saturated heterocycles. The minimum atomic E-state index is -0.288. The van der Waals surface area contributed by atoms with Crippen molar-refractivity contribution in [3.63, 3.8) is 0 Å². The summed E-state index contributed by atoms with van der Waals surface area (Å²) in [5.74, 6) is -0.245. The van der Waals surface area contributed by atoms with E-state index in [9.17, 15) is 9.59 Å². The molecule has 0 spiro atoms. The Morgan fingerprint density at radius 2 is 1.68 bits per heavy atom. The maximum Gasteiger partial charge on any atom is 0.228 e. The summed E-state index contributed by atoms with van der Waals surface area (Å²) in [5, 5.41) is 0. The first-order chi connectivity index (χ1) is 13.5. The van der Waals surface area contributed by atoms with E-state index in [1.165, 1.54) is 0 Å². The molecule has 1 heterocycles. The van der Waals surface area contributed by atoms with Crippen molar-refractivity contribution in [3.05, 3.63) is 60.2 Å². The van der Waals surface area contributed by atoms with Gasteiger partial charge in [-0.05, 0) is 43.7 Å². The van der Waals surface area contributed by atoms with Gasteiger partial charge in [-0.3, -0.25) is 9.59 Å². The van der Waals surface area contributed by atoms with Crippen LogP contribution in [0.1, 0.15) is 25.8 Å². The largest absolute Gasteiger partial charge is 0.372 e. The third kappa shape index (κ3) is 4.35. The minimum absolute atomic E-state index is 0.0158. The van der Waals surface area contributed by atoms with Crippen molar-refractivity contribution >= 4 is 23.2 Å². The predicted octanol–water partition coefficient (Wildman–Crippen LogP) is 3.54. The van der Waals surface area contributed by atoms with Crippen LogP contribution in [0.25, 0.3) is 0 Å². The molecule has 1 unspecified atom stereocenters. The van der Waals surface area contributed by atoms with Gasteiger partial charge < -0.3 is 14.7 Å². The Bertz CT molecular complexity index is 800. The molecule has 2 aromatic carbocycles. The zero-order valence-corrected chi connectivity index (χ0v) is 17.0. The van der Waals surface area contributed by atoms with Gasteiger partial charge in [0.2, 0.25) is 11.8 Å². The Hall–Kier alpha value is -2.82. The number of anilines is 2. The van der Waals surface area contributed by atoms with Crippen molar-refractivity contribution < 1.29 is 9.59 Å². The van der Waals surface area contributed by atoms with E-state index in [4.69, 9.17) is 0 Å². The maximum absolute atomic E-state index is 12.8. The van der Waals surface area contributed by atoms with Crippen molar-refractivity contribution in [2.45, 2.75) is 26.8 Å². The van der Waals surface area contributed by atoms with Crippen LogP contribution in [-0.4, -0.2) is 43.4 Å². The molecule has 1 atom stereocenters. The molecule has 3 rings (SSSR count). The van der Waals surface area contributed by atoms with Gasteiger partial charge in [-0.2, -0.15) is 0 Å². The lowest BCUT2D eigenvalue weighted by Crippen LogP contribution is -2.34. The molecule has 0 bridgehead atoms. The van der Waals surface area contributed by atoms with Gasteiger partial charge in [0.1, 0.15) is 0 Å². The molecule has 1 aliphatic heterocycles. The average molecular weight is 380 g/mol. The van der Waals surface area contributed by atoms with E-state index in [0.29, 0.717) is 13.1 Å². The highest BCUT2D eigenvalue weighted by atomic mass is 16.2. The van der Waals surface area contributed by atoms with Crippen LogP contribution in [0.5, 0.6) is 0 Å². The first-order valence-electron chi connectivity index (χ1n) is 9.97. The van der Waals surface area contributed by atoms with Crippen molar-refractivity contribution in [3.8, 4) is 0 Å². The van der Waals surface area contributed by atoms with Crippen molar-refractivity contribution in [2.24, 2.45) is 5.92 Å². The lowest BCUT2D eigenvalue weighted by atomic mass is 10.1. The number of amides is 2. The molecular weight excluding hydrogens is 350 g/mol. The van der Waals surface area contributed by atoms with Crippen LogP contribution in [0.15, 0.2) is 54.6 Å². The van der Waals surface area contributed by atoms with Crippen molar-refractivity contribution in [2.75, 3.05) is 36.5 Å². The normalized spacial score (nSPS) is 16.3. The number of carbonyl (C=O) groups is 2. The summed E-state index contributed by atoms with van der Waals surface area (Å²) >= 11 is 0. The second kappa shape index (κ2) is 8.91. The molecule has 5 heteroatoms. The lowest BCUT2D eigenvalue weighted by Gasteiger charge is -2.23. The lowest BCUT2D eigenvalue weighted by molar-refractivity contribution is -0.135. The highest BCUT2D eigenvalue weighted by molar-refractivity contribution is 6.00. The van der Waals surface area contributed by atoms with Gasteiger partial charge >= 0.3 is 0 Å². The third-order valence-corrected chi connectivity index (χ3v) is 5.40. The average Bonchev–Trinajstić information content (AvgIpc) is 3.11. The fourth-order valence-electron chi connectivity index (χ4n) is 3.80. The second-order valence-corrected chi connectivity index (χ2v) is 7.27. The van der Waals surface area contributed by atoms with Gasteiger partial charge in [0.15, 0.2) is 0 Å². The first kappa shape index (κ1) is 19.9. The van der Waals surface area contributed by atoms with Crippen LogP contribution in [0.4, 0.5) is 11.4 Å². The van der Waals surface area contributed by atoms with Crippen LogP contribution in [-0.2, 0) is 16.1 Å². The monoisotopic (exact) mass is 379 g/mol. The Kier molecular flexibility index (Phi) is 6.34. The standard InChI is InChI=1S/C23H29N3O2/c1-4-25(5-2)20-11-13-21(14-12-20)26-17-19(15-22(26)27)23(28)24(3)16-18-9-7-6-8-10-18/h6-14,19H,4-5,15-17H2,1-3H3. The number of hydrogen-bond acceptors (Lipinski definition) is 3. The fraction of sp³-hybridized carbons (Fsp3) is 0.391. The van der Waals surface area contributed by atoms with Crippen LogP contribution >= 0.6 is 0 Å². The summed E-state index contributed by atoms with van der Waals surface area (Å²) in [4.78, 5) is 31.1. The molecule has 2 aromatic rings. The molecule has 0 radical (unpaired) electrons. The second-order valence-electron chi connectivity index (χ2n) is 7.27. The van der Waals surface area contributed by atoms with E-state index in [1.807, 2.05) is 54.6 Å². The van der Waals surface area contributed by atoms with Gasteiger partial charge in [0, 0.05) is 51.0 Å². The molecule has 0 N–H and O–H groups in total. The Balaban J connectivity index is 1.65. The fourth-order valence-corrected chi connectivity index (χ4v) is 3.80. The maximum atomic E-state index is 12.8. The van der Waals surface area contributed by atoms with E-state index in [1.54, 1.807) is 16.8 Å². The van der Waals surface area contributed by atoms with E-state index in [0.717, 1.165) is 30.0 Å². The molecule has 5 nitrogen and oxygen atoms in total. The summed E-state index contributed by atoms with van der Waals surface area (Å²) in [6.07, 6.45) is 0.274. The zero-order valence-electron chi connectivity index (χ0n) is 17.0. The SMILES string of the molecule is CCN(CC)c1ccc(N2CC(C(=O)N(C)Cc3ccccc3)CC2=O)cc1. The summed E-state index contributed by atoms with van der Waals surface area (Å²) < 4.78 is 0. The van der Waals surface area contributed by atoms with Gasteiger partial charge in [-0.1, -0.05) is 30.3 Å². The van der Waals surface area contributed by atoms with Gasteiger partial charge in [0.05, 0.1) is 5.92 Å². The Morgan fingerprint density at radius 1 is 1.04 bits per heavy atom. The number of nitrogens with zero attached hydrogens (tertiary/aromatic N) is 3.